The zero-order valence-corrected chi connectivity index (χ0v) is 9.79. The van der Waals surface area contributed by atoms with E-state index in [-0.39, 0.29) is 0 Å². The third-order valence-electron chi connectivity index (χ3n) is 2.06. The summed E-state index contributed by atoms with van der Waals surface area (Å²) >= 11 is 3.40. The fourth-order valence-electron chi connectivity index (χ4n) is 1.22. The van der Waals surface area contributed by atoms with Crippen molar-refractivity contribution in [3.63, 3.8) is 0 Å². The maximum atomic E-state index is 8.64. The second-order valence-corrected chi connectivity index (χ2v) is 3.92. The van der Waals surface area contributed by atoms with Crippen LogP contribution in [0.25, 0.3) is 0 Å². The van der Waals surface area contributed by atoms with Crippen molar-refractivity contribution in [1.82, 2.24) is 0 Å². The summed E-state index contributed by atoms with van der Waals surface area (Å²) in [5, 5.41) is 9.66. The topological polar surface area (TPSA) is 27.0 Å². The minimum Gasteiger partial charge on any atom is -0.375 e. The number of halogens is 1. The molecule has 0 fully saturated rings. The second kappa shape index (κ2) is 5.66. The molecule has 0 saturated heterocycles. The van der Waals surface area contributed by atoms with E-state index >= 15 is 0 Å². The Morgan fingerprint density at radius 2 is 2.00 bits per heavy atom. The van der Waals surface area contributed by atoms with Gasteiger partial charge < -0.3 is 4.90 Å². The quantitative estimate of drug-likeness (QED) is 0.771. The van der Waals surface area contributed by atoms with E-state index in [0.29, 0.717) is 5.56 Å². The third kappa shape index (κ3) is 3.04. The van der Waals surface area contributed by atoms with Crippen LogP contribution in [0.3, 0.4) is 0 Å². The molecule has 0 saturated carbocycles. The third-order valence-corrected chi connectivity index (χ3v) is 2.63. The normalized spacial score (nSPS) is 9.50. The van der Waals surface area contributed by atoms with E-state index in [1.54, 1.807) is 0 Å². The molecule has 1 aromatic rings. The average molecular weight is 253 g/mol. The van der Waals surface area contributed by atoms with Crippen molar-refractivity contribution in [2.24, 2.45) is 0 Å². The predicted octanol–water partition coefficient (Wildman–Crippen LogP) is 2.78. The number of hydrogen-bond donors (Lipinski definition) is 0. The highest BCUT2D eigenvalue weighted by Crippen LogP contribution is 2.13. The van der Waals surface area contributed by atoms with Gasteiger partial charge in [-0.25, -0.2) is 0 Å². The zero-order chi connectivity index (χ0) is 10.4. The first kappa shape index (κ1) is 11.1. The molecule has 0 amide bonds. The highest BCUT2D eigenvalue weighted by atomic mass is 79.9. The van der Waals surface area contributed by atoms with Crippen LogP contribution >= 0.6 is 15.9 Å². The van der Waals surface area contributed by atoms with Gasteiger partial charge in [0, 0.05) is 24.6 Å². The molecular formula is C11H13BrN2. The van der Waals surface area contributed by atoms with E-state index in [4.69, 9.17) is 5.26 Å². The molecule has 0 aliphatic rings. The molecule has 2 nitrogen and oxygen atoms in total. The lowest BCUT2D eigenvalue weighted by Crippen LogP contribution is -2.18. The molecule has 0 N–H and O–H groups in total. The van der Waals surface area contributed by atoms with E-state index in [0.717, 1.165) is 24.0 Å². The number of rotatable bonds is 4. The van der Waals surface area contributed by atoms with E-state index in [2.05, 4.69) is 33.9 Å². The highest BCUT2D eigenvalue weighted by Gasteiger charge is 1.99. The summed E-state index contributed by atoms with van der Waals surface area (Å²) in [5.74, 6) is 0. The Kier molecular flexibility index (Phi) is 4.48. The Bertz CT molecular complexity index is 313. The maximum Gasteiger partial charge on any atom is 0.0991 e. The van der Waals surface area contributed by atoms with Gasteiger partial charge in [0.2, 0.25) is 0 Å². The van der Waals surface area contributed by atoms with Gasteiger partial charge in [-0.05, 0) is 30.7 Å². The van der Waals surface area contributed by atoms with Crippen molar-refractivity contribution in [1.29, 1.82) is 5.26 Å². The van der Waals surface area contributed by atoms with Crippen LogP contribution in [0.1, 0.15) is 12.0 Å². The first-order valence-corrected chi connectivity index (χ1v) is 5.67. The van der Waals surface area contributed by atoms with E-state index in [1.807, 2.05) is 24.3 Å². The Hall–Kier alpha value is -1.01. The van der Waals surface area contributed by atoms with Crippen molar-refractivity contribution in [2.45, 2.75) is 6.42 Å². The molecule has 0 spiro atoms. The molecule has 1 aromatic carbocycles. The summed E-state index contributed by atoms with van der Waals surface area (Å²) in [4.78, 5) is 2.18. The van der Waals surface area contributed by atoms with Gasteiger partial charge in [0.1, 0.15) is 0 Å². The summed E-state index contributed by atoms with van der Waals surface area (Å²) in [6.07, 6.45) is 1.12. The number of alkyl halides is 1. The number of nitriles is 1. The standard InChI is InChI=1S/C11H13BrN2/c1-14(8-2-7-12)11-5-3-10(9-13)4-6-11/h3-6H,2,7-8H2,1H3. The Morgan fingerprint density at radius 1 is 1.36 bits per heavy atom. The maximum absolute atomic E-state index is 8.64. The Balaban J connectivity index is 2.63. The fourth-order valence-corrected chi connectivity index (χ4v) is 1.47. The second-order valence-electron chi connectivity index (χ2n) is 3.12. The van der Waals surface area contributed by atoms with Crippen molar-refractivity contribution in [2.75, 3.05) is 23.8 Å². The number of nitrogens with zero attached hydrogens (tertiary/aromatic N) is 2. The molecule has 0 aliphatic carbocycles. The first-order chi connectivity index (χ1) is 6.77. The lowest BCUT2D eigenvalue weighted by atomic mass is 10.2. The monoisotopic (exact) mass is 252 g/mol. The molecule has 14 heavy (non-hydrogen) atoms. The van der Waals surface area contributed by atoms with Crippen molar-refractivity contribution in [3.05, 3.63) is 29.8 Å². The van der Waals surface area contributed by atoms with Crippen LogP contribution in [0.4, 0.5) is 5.69 Å². The molecule has 0 aliphatic heterocycles. The van der Waals surface area contributed by atoms with Crippen LogP contribution in [0, 0.1) is 11.3 Å². The van der Waals surface area contributed by atoms with Crippen LogP contribution in [0.2, 0.25) is 0 Å². The van der Waals surface area contributed by atoms with Gasteiger partial charge in [0.25, 0.3) is 0 Å². The molecule has 0 aromatic heterocycles. The lowest BCUT2D eigenvalue weighted by Gasteiger charge is -2.18. The Labute approximate surface area is 93.3 Å². The van der Waals surface area contributed by atoms with Gasteiger partial charge in [-0.15, -0.1) is 0 Å². The molecule has 0 unspecified atom stereocenters. The number of benzene rings is 1. The first-order valence-electron chi connectivity index (χ1n) is 4.55. The molecule has 0 bridgehead atoms. The van der Waals surface area contributed by atoms with Crippen LogP contribution in [0.15, 0.2) is 24.3 Å². The number of hydrogen-bond acceptors (Lipinski definition) is 2. The van der Waals surface area contributed by atoms with E-state index < -0.39 is 0 Å². The molecule has 0 atom stereocenters. The van der Waals surface area contributed by atoms with Crippen LogP contribution in [-0.4, -0.2) is 18.9 Å². The van der Waals surface area contributed by atoms with Crippen LogP contribution in [-0.2, 0) is 0 Å². The summed E-state index contributed by atoms with van der Waals surface area (Å²) in [5.41, 5.74) is 1.87. The van der Waals surface area contributed by atoms with Gasteiger partial charge in [-0.1, -0.05) is 15.9 Å². The highest BCUT2D eigenvalue weighted by molar-refractivity contribution is 9.09. The summed E-state index contributed by atoms with van der Waals surface area (Å²) < 4.78 is 0. The molecular weight excluding hydrogens is 240 g/mol. The molecule has 0 heterocycles. The van der Waals surface area contributed by atoms with Crippen molar-refractivity contribution < 1.29 is 0 Å². The molecule has 0 radical (unpaired) electrons. The Morgan fingerprint density at radius 3 is 2.50 bits per heavy atom. The molecule has 3 heteroatoms. The van der Waals surface area contributed by atoms with Crippen LogP contribution < -0.4 is 4.90 Å². The number of anilines is 1. The largest absolute Gasteiger partial charge is 0.375 e. The van der Waals surface area contributed by atoms with E-state index in [1.165, 1.54) is 0 Å². The SMILES string of the molecule is CN(CCCBr)c1ccc(C#N)cc1. The van der Waals surface area contributed by atoms with Gasteiger partial charge >= 0.3 is 0 Å². The van der Waals surface area contributed by atoms with Gasteiger partial charge in [0.15, 0.2) is 0 Å². The van der Waals surface area contributed by atoms with Crippen molar-refractivity contribution in [3.8, 4) is 6.07 Å². The lowest BCUT2D eigenvalue weighted by molar-refractivity contribution is 0.863. The predicted molar refractivity (Wildman–Crippen MR) is 62.8 cm³/mol. The van der Waals surface area contributed by atoms with Gasteiger partial charge in [-0.3, -0.25) is 0 Å². The van der Waals surface area contributed by atoms with Gasteiger partial charge in [0.05, 0.1) is 11.6 Å². The smallest absolute Gasteiger partial charge is 0.0991 e. The zero-order valence-electron chi connectivity index (χ0n) is 8.20. The van der Waals surface area contributed by atoms with Crippen molar-refractivity contribution >= 4 is 21.6 Å². The minimum atomic E-state index is 0.711. The fraction of sp³-hybridized carbons (Fsp3) is 0.364. The summed E-state index contributed by atoms with van der Waals surface area (Å²) in [6.45, 7) is 1.02. The summed E-state index contributed by atoms with van der Waals surface area (Å²) in [7, 11) is 2.06. The molecule has 74 valence electrons. The van der Waals surface area contributed by atoms with Crippen LogP contribution in [0.5, 0.6) is 0 Å². The molecule has 1 rings (SSSR count). The van der Waals surface area contributed by atoms with Gasteiger partial charge in [-0.2, -0.15) is 5.26 Å². The van der Waals surface area contributed by atoms with E-state index in [9.17, 15) is 0 Å². The summed E-state index contributed by atoms with van der Waals surface area (Å²) in [6, 6.07) is 9.76. The minimum absolute atomic E-state index is 0.711. The average Bonchev–Trinajstić information content (AvgIpc) is 2.26.